The van der Waals surface area contributed by atoms with Crippen LogP contribution in [0.1, 0.15) is 23.3 Å². The van der Waals surface area contributed by atoms with Crippen molar-refractivity contribution in [3.8, 4) is 16.9 Å². The lowest BCUT2D eigenvalue weighted by molar-refractivity contribution is 0.469. The lowest BCUT2D eigenvalue weighted by Gasteiger charge is -2.28. The highest BCUT2D eigenvalue weighted by Crippen LogP contribution is 2.44. The minimum atomic E-state index is -0.417. The van der Waals surface area contributed by atoms with Gasteiger partial charge in [-0.25, -0.2) is 4.79 Å². The first-order valence-corrected chi connectivity index (χ1v) is 10.6. The van der Waals surface area contributed by atoms with Crippen molar-refractivity contribution >= 4 is 16.6 Å². The molecule has 7 heteroatoms. The zero-order valence-corrected chi connectivity index (χ0v) is 18.3. The molecule has 4 heterocycles. The predicted molar refractivity (Wildman–Crippen MR) is 126 cm³/mol. The van der Waals surface area contributed by atoms with E-state index in [1.807, 2.05) is 60.0 Å². The van der Waals surface area contributed by atoms with Crippen molar-refractivity contribution in [2.45, 2.75) is 13.0 Å². The van der Waals surface area contributed by atoms with Gasteiger partial charge in [-0.1, -0.05) is 36.4 Å². The second-order valence-electron chi connectivity index (χ2n) is 8.26. The Morgan fingerprint density at radius 1 is 1.00 bits per heavy atom. The van der Waals surface area contributed by atoms with E-state index in [2.05, 4.69) is 17.4 Å². The Balaban J connectivity index is 1.88. The molecule has 1 atom stereocenters. The highest BCUT2D eigenvalue weighted by molar-refractivity contribution is 5.99. The number of hydrogen-bond acceptors (Lipinski definition) is 4. The van der Waals surface area contributed by atoms with Gasteiger partial charge in [-0.05, 0) is 42.8 Å². The minimum Gasteiger partial charge on any atom is -0.464 e. The third kappa shape index (κ3) is 2.58. The molecule has 0 radical (unpaired) electrons. The van der Waals surface area contributed by atoms with E-state index in [-0.39, 0.29) is 11.2 Å². The largest absolute Gasteiger partial charge is 0.464 e. The molecule has 1 N–H and O–H groups in total. The van der Waals surface area contributed by atoms with Gasteiger partial charge >= 0.3 is 5.69 Å². The lowest BCUT2D eigenvalue weighted by atomic mass is 10.1. The molecule has 1 aliphatic rings. The van der Waals surface area contributed by atoms with E-state index in [0.717, 1.165) is 33.0 Å². The van der Waals surface area contributed by atoms with E-state index in [1.54, 1.807) is 13.1 Å². The van der Waals surface area contributed by atoms with Crippen LogP contribution in [0.15, 0.2) is 68.6 Å². The average molecular weight is 436 g/mol. The minimum absolute atomic E-state index is 0.343. The highest BCUT2D eigenvalue weighted by atomic mass is 16.3. The molecule has 0 bridgehead atoms. The number of furan rings is 1. The van der Waals surface area contributed by atoms with Crippen LogP contribution in [0.3, 0.4) is 0 Å². The maximum absolute atomic E-state index is 13.5. The number of nitrogens with one attached hydrogen (secondary N) is 1. The lowest BCUT2D eigenvalue weighted by Crippen LogP contribution is -2.37. The molecule has 0 fully saturated rings. The SMILES string of the molecule is Cc1ccc(C2Nc3ccc#cc3-n3c(-c4ccccc4)c4c(=O)n(C)c(=O)n(C)c4c32)o1. The van der Waals surface area contributed by atoms with Crippen molar-refractivity contribution in [3.05, 3.63) is 105 Å². The number of aryl methyl sites for hydroxylation is 2. The van der Waals surface area contributed by atoms with Crippen molar-refractivity contribution in [3.63, 3.8) is 0 Å². The summed E-state index contributed by atoms with van der Waals surface area (Å²) < 4.78 is 10.7. The second kappa shape index (κ2) is 6.78. The summed E-state index contributed by atoms with van der Waals surface area (Å²) in [5, 5.41) is 4.00. The molecular formula is C26H20N4O3. The maximum Gasteiger partial charge on any atom is 0.331 e. The first kappa shape index (κ1) is 19.3. The number of fused-ring (bicyclic) bond motifs is 5. The van der Waals surface area contributed by atoms with Gasteiger partial charge in [-0.15, -0.1) is 0 Å². The summed E-state index contributed by atoms with van der Waals surface area (Å²) in [6.45, 7) is 1.89. The molecule has 1 unspecified atom stereocenters. The molecule has 0 saturated carbocycles. The number of anilines is 1. The molecule has 6 rings (SSSR count). The quantitative estimate of drug-likeness (QED) is 0.458. The number of hydrogen-bond donors (Lipinski definition) is 1. The number of nitrogens with zero attached hydrogens (tertiary/aromatic N) is 3. The van der Waals surface area contributed by atoms with Crippen LogP contribution in [-0.2, 0) is 14.1 Å². The summed E-state index contributed by atoms with van der Waals surface area (Å²) in [5.41, 5.74) is 3.73. The van der Waals surface area contributed by atoms with E-state index in [4.69, 9.17) is 4.42 Å². The molecule has 7 nitrogen and oxygen atoms in total. The van der Waals surface area contributed by atoms with E-state index in [9.17, 15) is 9.59 Å². The van der Waals surface area contributed by atoms with Crippen LogP contribution in [0, 0.1) is 19.1 Å². The standard InChI is InChI=1S/C26H20N4O3/c1-15-13-14-19(33-15)21-24-23-20(25(31)29(3)26(32)28(23)2)22(16-9-5-4-6-10-16)30(24)18-12-8-7-11-17(18)27-21/h4-7,9-11,13-14,21,27H,1-3H3. The van der Waals surface area contributed by atoms with Gasteiger partial charge < -0.3 is 9.73 Å². The maximum atomic E-state index is 13.5. The van der Waals surface area contributed by atoms with Crippen LogP contribution in [0.5, 0.6) is 0 Å². The third-order valence-electron chi connectivity index (χ3n) is 6.28. The fourth-order valence-electron chi connectivity index (χ4n) is 4.78. The van der Waals surface area contributed by atoms with Gasteiger partial charge in [0.05, 0.1) is 28.0 Å². The fourth-order valence-corrected chi connectivity index (χ4v) is 4.78. The van der Waals surface area contributed by atoms with E-state index < -0.39 is 6.04 Å². The van der Waals surface area contributed by atoms with Crippen LogP contribution in [0.2, 0.25) is 0 Å². The molecule has 3 aromatic heterocycles. The number of aromatic nitrogens is 3. The number of rotatable bonds is 2. The zero-order valence-electron chi connectivity index (χ0n) is 18.3. The third-order valence-corrected chi connectivity index (χ3v) is 6.28. The van der Waals surface area contributed by atoms with Crippen molar-refractivity contribution < 1.29 is 4.42 Å². The predicted octanol–water partition coefficient (Wildman–Crippen LogP) is 3.71. The van der Waals surface area contributed by atoms with E-state index in [1.165, 1.54) is 11.6 Å². The fraction of sp³-hybridized carbons (Fsp3) is 0.154. The van der Waals surface area contributed by atoms with Crippen molar-refractivity contribution in [2.75, 3.05) is 5.32 Å². The molecule has 0 aliphatic carbocycles. The Kier molecular flexibility index (Phi) is 3.96. The molecule has 2 aromatic carbocycles. The Morgan fingerprint density at radius 3 is 2.52 bits per heavy atom. The van der Waals surface area contributed by atoms with Crippen molar-refractivity contribution in [2.24, 2.45) is 14.1 Å². The molecular weight excluding hydrogens is 416 g/mol. The summed E-state index contributed by atoms with van der Waals surface area (Å²) in [6, 6.07) is 23.1. The highest BCUT2D eigenvalue weighted by Gasteiger charge is 2.36. The van der Waals surface area contributed by atoms with Gasteiger partial charge in [0, 0.05) is 14.1 Å². The number of benzene rings is 1. The molecule has 0 saturated heterocycles. The topological polar surface area (TPSA) is 74.1 Å². The van der Waals surface area contributed by atoms with Crippen molar-refractivity contribution in [1.29, 1.82) is 0 Å². The van der Waals surface area contributed by atoms with Crippen LogP contribution in [-0.4, -0.2) is 13.7 Å². The average Bonchev–Trinajstić information content (AvgIpc) is 3.43. The van der Waals surface area contributed by atoms with Gasteiger partial charge in [0.2, 0.25) is 0 Å². The van der Waals surface area contributed by atoms with Crippen LogP contribution >= 0.6 is 0 Å². The van der Waals surface area contributed by atoms with Crippen molar-refractivity contribution in [1.82, 2.24) is 13.7 Å². The first-order chi connectivity index (χ1) is 16.0. The van der Waals surface area contributed by atoms with Gasteiger partial charge in [0.15, 0.2) is 0 Å². The summed E-state index contributed by atoms with van der Waals surface area (Å²) in [7, 11) is 3.20. The molecule has 1 aliphatic heterocycles. The van der Waals surface area contributed by atoms with Crippen LogP contribution in [0.4, 0.5) is 5.69 Å². The first-order valence-electron chi connectivity index (χ1n) is 10.6. The molecule has 5 aromatic rings. The monoisotopic (exact) mass is 436 g/mol. The normalized spacial score (nSPS) is 14.5. The molecule has 0 spiro atoms. The zero-order chi connectivity index (χ0) is 22.9. The van der Waals surface area contributed by atoms with E-state index in [0.29, 0.717) is 22.4 Å². The Hall–Kier alpha value is -4.44. The Morgan fingerprint density at radius 2 is 1.79 bits per heavy atom. The van der Waals surface area contributed by atoms with Crippen LogP contribution < -0.4 is 16.6 Å². The van der Waals surface area contributed by atoms with Gasteiger partial charge in [0.1, 0.15) is 23.2 Å². The summed E-state index contributed by atoms with van der Waals surface area (Å²) >= 11 is 0. The Labute approximate surface area is 189 Å². The Bertz CT molecular complexity index is 1670. The molecule has 33 heavy (non-hydrogen) atoms. The van der Waals surface area contributed by atoms with Gasteiger partial charge in [-0.2, -0.15) is 0 Å². The molecule has 162 valence electrons. The van der Waals surface area contributed by atoms with E-state index >= 15 is 0 Å². The second-order valence-corrected chi connectivity index (χ2v) is 8.26. The summed E-state index contributed by atoms with van der Waals surface area (Å²) in [5.74, 6) is 1.47. The summed E-state index contributed by atoms with van der Waals surface area (Å²) in [6.07, 6.45) is 0. The molecule has 0 amide bonds. The smallest absolute Gasteiger partial charge is 0.331 e. The van der Waals surface area contributed by atoms with Gasteiger partial charge in [-0.3, -0.25) is 18.5 Å². The summed E-state index contributed by atoms with van der Waals surface area (Å²) in [4.78, 5) is 26.5. The van der Waals surface area contributed by atoms with Crippen LogP contribution in [0.25, 0.3) is 27.8 Å². The van der Waals surface area contributed by atoms with Gasteiger partial charge in [0.25, 0.3) is 5.56 Å².